The van der Waals surface area contributed by atoms with E-state index in [0.717, 1.165) is 13.1 Å². The highest BCUT2D eigenvalue weighted by Gasteiger charge is 2.09. The van der Waals surface area contributed by atoms with Gasteiger partial charge < -0.3 is 34.0 Å². The highest BCUT2D eigenvalue weighted by molar-refractivity contribution is 5.59. The zero-order chi connectivity index (χ0) is 24.1. The largest absolute Gasteiger partial charge is 1.00 e. The second-order valence-corrected chi connectivity index (χ2v) is 10.3. The van der Waals surface area contributed by atoms with Gasteiger partial charge in [0.25, 0.3) is 0 Å². The van der Waals surface area contributed by atoms with E-state index in [2.05, 4.69) is 72.0 Å². The van der Waals surface area contributed by atoms with E-state index in [-0.39, 0.29) is 34.0 Å². The second kappa shape index (κ2) is 24.6. The highest BCUT2D eigenvalue weighted by Crippen LogP contribution is 2.15. The maximum Gasteiger partial charge on any atom is 0.176 e. The van der Waals surface area contributed by atoms with E-state index >= 15 is 0 Å². The summed E-state index contributed by atoms with van der Waals surface area (Å²) in [7, 11) is 0. The zero-order valence-corrected chi connectivity index (χ0v) is 26.6. The average Bonchev–Trinajstić information content (AvgIpc) is 2.87. The van der Waals surface area contributed by atoms with E-state index in [0.29, 0.717) is 0 Å². The summed E-state index contributed by atoms with van der Waals surface area (Å²) in [6.07, 6.45) is 34.1. The van der Waals surface area contributed by atoms with Crippen LogP contribution in [-0.2, 0) is 13.1 Å². The molecule has 0 aliphatic rings. The smallest absolute Gasteiger partial charge is 0.176 e. The van der Waals surface area contributed by atoms with Gasteiger partial charge in [-0.15, -0.1) is 0 Å². The monoisotopic (exact) mass is 624 g/mol. The molecule has 2 heterocycles. The molecule has 0 aliphatic carbocycles. The maximum absolute atomic E-state index is 2.38. The summed E-state index contributed by atoms with van der Waals surface area (Å²) in [4.78, 5) is 0. The van der Waals surface area contributed by atoms with Crippen LogP contribution in [0.5, 0.6) is 0 Å². The lowest BCUT2D eigenvalue weighted by molar-refractivity contribution is -0.698. The number of aryl methyl sites for hydroxylation is 2. The molecular weight excluding hydrogens is 572 g/mol. The molecular formula is C32H54Br2N2. The third-order valence-corrected chi connectivity index (χ3v) is 7.09. The van der Waals surface area contributed by atoms with Gasteiger partial charge >= 0.3 is 0 Å². The minimum Gasteiger partial charge on any atom is -1.00 e. The number of pyridine rings is 2. The van der Waals surface area contributed by atoms with Crippen LogP contribution in [0.2, 0.25) is 0 Å². The van der Waals surface area contributed by atoms with Crippen molar-refractivity contribution in [3.05, 3.63) is 49.1 Å². The molecule has 0 aromatic carbocycles. The first kappa shape index (κ1) is 35.3. The SMILES string of the molecule is CCCCCCCCCCC[n+]1cccc(-c2ccc[n+](CCCCCCCCCCC)c2)c1.[Br-].[Br-]. The fourth-order valence-electron chi connectivity index (χ4n) is 4.87. The summed E-state index contributed by atoms with van der Waals surface area (Å²) in [5.41, 5.74) is 2.67. The van der Waals surface area contributed by atoms with E-state index < -0.39 is 0 Å². The predicted octanol–water partition coefficient (Wildman–Crippen LogP) is 3.00. The summed E-state index contributed by atoms with van der Waals surface area (Å²) in [5.74, 6) is 0. The molecule has 0 saturated carbocycles. The topological polar surface area (TPSA) is 7.76 Å². The zero-order valence-electron chi connectivity index (χ0n) is 23.4. The van der Waals surface area contributed by atoms with Crippen LogP contribution in [0.15, 0.2) is 49.1 Å². The normalized spacial score (nSPS) is 10.6. The van der Waals surface area contributed by atoms with Gasteiger partial charge in [-0.1, -0.05) is 104 Å². The van der Waals surface area contributed by atoms with Crippen LogP contribution >= 0.6 is 0 Å². The van der Waals surface area contributed by atoms with Crippen molar-refractivity contribution >= 4 is 0 Å². The van der Waals surface area contributed by atoms with Crippen molar-refractivity contribution in [1.29, 1.82) is 0 Å². The Balaban J connectivity index is 0.00000612. The van der Waals surface area contributed by atoms with Gasteiger partial charge in [0.15, 0.2) is 24.8 Å². The lowest BCUT2D eigenvalue weighted by Gasteiger charge is -2.04. The quantitative estimate of drug-likeness (QED) is 0.149. The number of aromatic nitrogens is 2. The van der Waals surface area contributed by atoms with Gasteiger partial charge in [-0.2, -0.15) is 0 Å². The van der Waals surface area contributed by atoms with Crippen LogP contribution in [0.25, 0.3) is 11.1 Å². The van der Waals surface area contributed by atoms with Crippen molar-refractivity contribution in [3.63, 3.8) is 0 Å². The van der Waals surface area contributed by atoms with Crippen LogP contribution in [0.4, 0.5) is 0 Å². The number of nitrogens with zero attached hydrogens (tertiary/aromatic N) is 2. The number of rotatable bonds is 21. The van der Waals surface area contributed by atoms with Crippen LogP contribution in [0, 0.1) is 0 Å². The lowest BCUT2D eigenvalue weighted by Crippen LogP contribution is -3.00. The molecule has 0 atom stereocenters. The molecule has 4 heteroatoms. The molecule has 36 heavy (non-hydrogen) atoms. The molecule has 0 bridgehead atoms. The van der Waals surface area contributed by atoms with Gasteiger partial charge in [-0.25, -0.2) is 9.13 Å². The number of unbranched alkanes of at least 4 members (excludes halogenated alkanes) is 16. The Morgan fingerprint density at radius 1 is 0.444 bits per heavy atom. The molecule has 2 nitrogen and oxygen atoms in total. The fraction of sp³-hybridized carbons (Fsp3) is 0.688. The maximum atomic E-state index is 2.38. The van der Waals surface area contributed by atoms with Crippen LogP contribution in [-0.4, -0.2) is 0 Å². The van der Waals surface area contributed by atoms with Crippen molar-refractivity contribution in [2.75, 3.05) is 0 Å². The Hall–Kier alpha value is -0.740. The predicted molar refractivity (Wildman–Crippen MR) is 147 cm³/mol. The van der Waals surface area contributed by atoms with Gasteiger partial charge in [-0.3, -0.25) is 0 Å². The third kappa shape index (κ3) is 16.9. The minimum atomic E-state index is 0. The van der Waals surface area contributed by atoms with Gasteiger partial charge in [-0.05, 0) is 25.0 Å². The molecule has 2 aromatic heterocycles. The number of hydrogen-bond acceptors (Lipinski definition) is 0. The van der Waals surface area contributed by atoms with Crippen LogP contribution < -0.4 is 43.1 Å². The van der Waals surface area contributed by atoms with Crippen LogP contribution in [0.3, 0.4) is 0 Å². The molecule has 2 rings (SSSR count). The fourth-order valence-corrected chi connectivity index (χ4v) is 4.87. The first-order valence-corrected chi connectivity index (χ1v) is 14.8. The molecule has 0 unspecified atom stereocenters. The standard InChI is InChI=1S/C32H54N2.2BrH/c1-3-5-7-9-11-13-15-17-19-25-33-27-21-23-31(29-33)32-24-22-28-34(30-32)26-20-18-16-14-12-10-8-6-4-2;;/h21-24,27-30H,3-20,25-26H2,1-2H3;2*1H/q+2;;/p-2. The Morgan fingerprint density at radius 3 is 1.08 bits per heavy atom. The summed E-state index contributed by atoms with van der Waals surface area (Å²) >= 11 is 0. The molecule has 0 N–H and O–H groups in total. The summed E-state index contributed by atoms with van der Waals surface area (Å²) < 4.78 is 4.77. The molecule has 0 aliphatic heterocycles. The Labute approximate surface area is 244 Å². The van der Waals surface area contributed by atoms with Gasteiger partial charge in [0.05, 0.1) is 11.1 Å². The lowest BCUT2D eigenvalue weighted by atomic mass is 10.1. The highest BCUT2D eigenvalue weighted by atomic mass is 79.9. The van der Waals surface area contributed by atoms with Crippen molar-refractivity contribution < 1.29 is 43.1 Å². The first-order chi connectivity index (χ1) is 16.8. The van der Waals surface area contributed by atoms with E-state index in [1.807, 2.05) is 0 Å². The molecule has 0 fully saturated rings. The molecule has 0 radical (unpaired) electrons. The molecule has 206 valence electrons. The molecule has 0 amide bonds. The van der Waals surface area contributed by atoms with Gasteiger partial charge in [0.2, 0.25) is 0 Å². The molecule has 0 saturated heterocycles. The first-order valence-electron chi connectivity index (χ1n) is 14.8. The van der Waals surface area contributed by atoms with Crippen LogP contribution in [0.1, 0.15) is 129 Å². The molecule has 2 aromatic rings. The van der Waals surface area contributed by atoms with E-state index in [1.54, 1.807) is 0 Å². The second-order valence-electron chi connectivity index (χ2n) is 10.3. The summed E-state index contributed by atoms with van der Waals surface area (Å²) in [5, 5.41) is 0. The summed E-state index contributed by atoms with van der Waals surface area (Å²) in [6, 6.07) is 8.93. The Bertz CT molecular complexity index is 687. The third-order valence-electron chi connectivity index (χ3n) is 7.09. The molecule has 0 spiro atoms. The Kier molecular flexibility index (Phi) is 24.1. The number of hydrogen-bond donors (Lipinski definition) is 0. The Morgan fingerprint density at radius 2 is 0.750 bits per heavy atom. The average molecular weight is 627 g/mol. The minimum absolute atomic E-state index is 0. The van der Waals surface area contributed by atoms with Gasteiger partial charge in [0, 0.05) is 25.0 Å². The van der Waals surface area contributed by atoms with Crippen molar-refractivity contribution in [2.24, 2.45) is 0 Å². The van der Waals surface area contributed by atoms with Crippen molar-refractivity contribution in [3.8, 4) is 11.1 Å². The van der Waals surface area contributed by atoms with Gasteiger partial charge in [0.1, 0.15) is 13.1 Å². The van der Waals surface area contributed by atoms with E-state index in [4.69, 9.17) is 0 Å². The van der Waals surface area contributed by atoms with Crippen molar-refractivity contribution in [1.82, 2.24) is 0 Å². The number of halogens is 2. The van der Waals surface area contributed by atoms with E-state index in [1.165, 1.54) is 127 Å². The van der Waals surface area contributed by atoms with Crippen molar-refractivity contribution in [2.45, 2.75) is 143 Å². The van der Waals surface area contributed by atoms with E-state index in [9.17, 15) is 0 Å². The summed E-state index contributed by atoms with van der Waals surface area (Å²) in [6.45, 7) is 6.85.